The second-order valence-corrected chi connectivity index (χ2v) is 17.7. The van der Waals surface area contributed by atoms with Crippen molar-refractivity contribution in [2.75, 3.05) is 0 Å². The Labute approximate surface area is 234 Å². The molecule has 0 aliphatic rings. The number of esters is 2. The summed E-state index contributed by atoms with van der Waals surface area (Å²) in [5.41, 5.74) is 1.10. The van der Waals surface area contributed by atoms with Gasteiger partial charge in [-0.25, -0.2) is 9.97 Å². The Morgan fingerprint density at radius 2 is 1.13 bits per heavy atom. The average Bonchev–Trinajstić information content (AvgIpc) is 2.85. The van der Waals surface area contributed by atoms with Gasteiger partial charge in [0.25, 0.3) is 0 Å². The normalized spacial score (nSPS) is 12.5. The first-order chi connectivity index (χ1) is 18.1. The van der Waals surface area contributed by atoms with Crippen molar-refractivity contribution in [3.63, 3.8) is 0 Å². The monoisotopic (exact) mass is 546 g/mol. The summed E-state index contributed by atoms with van der Waals surface area (Å²) in [6.45, 7) is 19.6. The van der Waals surface area contributed by atoms with Crippen LogP contribution < -0.4 is 20.1 Å². The second-order valence-electron chi connectivity index (χ2n) is 12.7. The van der Waals surface area contributed by atoms with Crippen LogP contribution in [0.5, 0.6) is 11.5 Å². The Balaban J connectivity index is 2.51. The van der Waals surface area contributed by atoms with E-state index in [4.69, 9.17) is 19.4 Å². The number of rotatable bonds is 7. The maximum atomic E-state index is 13.4. The molecule has 0 spiro atoms. The molecule has 0 amide bonds. The van der Waals surface area contributed by atoms with Crippen molar-refractivity contribution < 1.29 is 19.1 Å². The third-order valence-electron chi connectivity index (χ3n) is 6.97. The lowest BCUT2D eigenvalue weighted by atomic mass is 9.97. The van der Waals surface area contributed by atoms with Gasteiger partial charge in [-0.3, -0.25) is 9.59 Å². The molecule has 1 aromatic heterocycles. The molecule has 208 valence electrons. The van der Waals surface area contributed by atoms with Crippen molar-refractivity contribution in [3.8, 4) is 22.6 Å². The van der Waals surface area contributed by atoms with Crippen molar-refractivity contribution in [1.29, 1.82) is 0 Å². The molecule has 39 heavy (non-hydrogen) atoms. The van der Waals surface area contributed by atoms with E-state index in [1.807, 2.05) is 84.0 Å². The molecule has 0 N–H and O–H groups in total. The minimum atomic E-state index is -2.94. The number of aromatic nitrogens is 2. The van der Waals surface area contributed by atoms with Gasteiger partial charge in [0.15, 0.2) is 8.07 Å². The number of hydrogen-bond donors (Lipinski definition) is 0. The van der Waals surface area contributed by atoms with E-state index in [0.29, 0.717) is 16.9 Å². The van der Waals surface area contributed by atoms with Crippen LogP contribution in [0.4, 0.5) is 0 Å². The molecule has 3 aromatic rings. The van der Waals surface area contributed by atoms with Crippen LogP contribution in [0.2, 0.25) is 11.1 Å². The van der Waals surface area contributed by atoms with E-state index in [2.05, 4.69) is 27.7 Å². The molecule has 3 rings (SSSR count). The van der Waals surface area contributed by atoms with Crippen LogP contribution in [0.15, 0.2) is 60.9 Å². The van der Waals surface area contributed by atoms with E-state index >= 15 is 0 Å². The zero-order valence-electron chi connectivity index (χ0n) is 25.0. The number of ether oxygens (including phenoxy) is 2. The van der Waals surface area contributed by atoms with Crippen LogP contribution in [0.3, 0.4) is 0 Å². The van der Waals surface area contributed by atoms with E-state index in [1.165, 1.54) is 0 Å². The summed E-state index contributed by atoms with van der Waals surface area (Å²) in [5, 5.41) is 0.730. The zero-order chi connectivity index (χ0) is 29.2. The van der Waals surface area contributed by atoms with Gasteiger partial charge in [0.2, 0.25) is 0 Å². The molecule has 0 fully saturated rings. The summed E-state index contributed by atoms with van der Waals surface area (Å²) in [5.74, 6) is 0.0573. The summed E-state index contributed by atoms with van der Waals surface area (Å²) >= 11 is 0. The summed E-state index contributed by atoms with van der Waals surface area (Å²) in [4.78, 5) is 36.3. The molecule has 6 nitrogen and oxygen atoms in total. The standard InChI is InChI=1S/C32H42N2O4Si/c1-21(2)39(22(3)4,30-33-17-14-18-34-30)27-25(37-28(35)31(5,6)7)19-24(23-15-12-11-13-16-23)20-26(27)38-29(36)32(8,9)10/h11-22H,1-10H3. The average molecular weight is 547 g/mol. The molecule has 0 radical (unpaired) electrons. The minimum Gasteiger partial charge on any atom is -0.426 e. The largest absolute Gasteiger partial charge is 0.426 e. The minimum absolute atomic E-state index is 0.0849. The Kier molecular flexibility index (Phi) is 8.85. The van der Waals surface area contributed by atoms with E-state index in [1.54, 1.807) is 18.5 Å². The first-order valence-electron chi connectivity index (χ1n) is 13.6. The van der Waals surface area contributed by atoms with Gasteiger partial charge in [0.1, 0.15) is 16.9 Å². The van der Waals surface area contributed by atoms with Crippen LogP contribution in [0, 0.1) is 10.8 Å². The van der Waals surface area contributed by atoms with Crippen LogP contribution in [0.1, 0.15) is 69.2 Å². The predicted molar refractivity (Wildman–Crippen MR) is 159 cm³/mol. The molecule has 0 atom stereocenters. The van der Waals surface area contributed by atoms with Crippen molar-refractivity contribution in [3.05, 3.63) is 60.9 Å². The maximum absolute atomic E-state index is 13.4. The molecular weight excluding hydrogens is 504 g/mol. The van der Waals surface area contributed by atoms with Gasteiger partial charge >= 0.3 is 11.9 Å². The van der Waals surface area contributed by atoms with Gasteiger partial charge in [0.05, 0.1) is 10.8 Å². The van der Waals surface area contributed by atoms with Crippen molar-refractivity contribution in [1.82, 2.24) is 9.97 Å². The van der Waals surface area contributed by atoms with Crippen molar-refractivity contribution >= 4 is 30.6 Å². The van der Waals surface area contributed by atoms with Crippen molar-refractivity contribution in [2.45, 2.75) is 80.3 Å². The van der Waals surface area contributed by atoms with Crippen LogP contribution in [-0.2, 0) is 9.59 Å². The summed E-state index contributed by atoms with van der Waals surface area (Å²) < 4.78 is 12.5. The van der Waals surface area contributed by atoms with E-state index in [9.17, 15) is 9.59 Å². The van der Waals surface area contributed by atoms with Gasteiger partial charge in [-0.1, -0.05) is 58.0 Å². The smallest absolute Gasteiger partial charge is 0.316 e. The lowest BCUT2D eigenvalue weighted by Gasteiger charge is -2.40. The Morgan fingerprint density at radius 3 is 1.51 bits per heavy atom. The highest BCUT2D eigenvalue weighted by atomic mass is 28.3. The number of carbonyl (C=O) groups excluding carboxylic acids is 2. The highest BCUT2D eigenvalue weighted by Gasteiger charge is 2.51. The molecule has 0 unspecified atom stereocenters. The van der Waals surface area contributed by atoms with Gasteiger partial charge in [-0.2, -0.15) is 0 Å². The van der Waals surface area contributed by atoms with Gasteiger partial charge in [-0.15, -0.1) is 0 Å². The Bertz CT molecular complexity index is 1250. The maximum Gasteiger partial charge on any atom is 0.316 e. The van der Waals surface area contributed by atoms with Gasteiger partial charge in [0, 0.05) is 17.6 Å². The number of hydrogen-bond acceptors (Lipinski definition) is 6. The second kappa shape index (κ2) is 11.4. The fraction of sp³-hybridized carbons (Fsp3) is 0.438. The molecule has 1 heterocycles. The van der Waals surface area contributed by atoms with Crippen LogP contribution in [0.25, 0.3) is 11.1 Å². The fourth-order valence-corrected chi connectivity index (χ4v) is 10.2. The van der Waals surface area contributed by atoms with E-state index in [0.717, 1.165) is 16.3 Å². The zero-order valence-corrected chi connectivity index (χ0v) is 26.0. The molecule has 2 aromatic carbocycles. The number of benzene rings is 2. The summed E-state index contributed by atoms with van der Waals surface area (Å²) in [7, 11) is -2.94. The first kappa shape index (κ1) is 30.2. The molecule has 0 saturated carbocycles. The highest BCUT2D eigenvalue weighted by molar-refractivity contribution is 7.04. The van der Waals surface area contributed by atoms with Crippen LogP contribution in [-0.4, -0.2) is 30.0 Å². The molecule has 0 aliphatic heterocycles. The van der Waals surface area contributed by atoms with E-state index in [-0.39, 0.29) is 23.0 Å². The summed E-state index contributed by atoms with van der Waals surface area (Å²) in [6, 6.07) is 15.4. The molecule has 0 aliphatic carbocycles. The SMILES string of the molecule is CC(C)[Si](c1ncccn1)(c1c(OC(=O)C(C)(C)C)cc(-c2ccccc2)cc1OC(=O)C(C)(C)C)C(C)C. The van der Waals surface area contributed by atoms with Crippen LogP contribution >= 0.6 is 0 Å². The quantitative estimate of drug-likeness (QED) is 0.193. The van der Waals surface area contributed by atoms with Gasteiger partial charge < -0.3 is 9.47 Å². The topological polar surface area (TPSA) is 78.4 Å². The predicted octanol–water partition coefficient (Wildman–Crippen LogP) is 6.43. The third-order valence-corrected chi connectivity index (χ3v) is 12.9. The third kappa shape index (κ3) is 6.30. The molecule has 0 bridgehead atoms. The van der Waals surface area contributed by atoms with E-state index < -0.39 is 18.9 Å². The lowest BCUT2D eigenvalue weighted by molar-refractivity contribution is -0.143. The molecule has 0 saturated heterocycles. The lowest BCUT2D eigenvalue weighted by Crippen LogP contribution is -2.65. The molecular formula is C32H42N2O4Si. The highest BCUT2D eigenvalue weighted by Crippen LogP contribution is 2.40. The first-order valence-corrected chi connectivity index (χ1v) is 15.7. The Hall–Kier alpha value is -3.32. The van der Waals surface area contributed by atoms with Crippen molar-refractivity contribution in [2.24, 2.45) is 10.8 Å². The Morgan fingerprint density at radius 1 is 0.692 bits per heavy atom. The summed E-state index contributed by atoms with van der Waals surface area (Å²) in [6.07, 6.45) is 3.49. The molecule has 7 heteroatoms. The fourth-order valence-electron chi connectivity index (χ4n) is 4.85. The van der Waals surface area contributed by atoms with Gasteiger partial charge in [-0.05, 0) is 82.0 Å². The number of carbonyl (C=O) groups is 2. The number of nitrogens with zero attached hydrogens (tertiary/aromatic N) is 2.